The predicted octanol–water partition coefficient (Wildman–Crippen LogP) is 5.39. The monoisotopic (exact) mass is 438 g/mol. The fourth-order valence-corrected chi connectivity index (χ4v) is 4.88. The number of aromatic amines is 1. The molecule has 3 heterocycles. The van der Waals surface area contributed by atoms with E-state index in [1.165, 1.54) is 10.9 Å². The minimum atomic E-state index is 0.0940. The number of nitrogens with one attached hydrogen (secondary N) is 1. The van der Waals surface area contributed by atoms with E-state index in [-0.39, 0.29) is 11.9 Å². The third kappa shape index (κ3) is 4.16. The average molecular weight is 439 g/mol. The van der Waals surface area contributed by atoms with Crippen molar-refractivity contribution in [2.24, 2.45) is 5.73 Å². The molecule has 0 aliphatic carbocycles. The molecule has 0 radical (unpaired) electrons. The van der Waals surface area contributed by atoms with Gasteiger partial charge in [0.2, 0.25) is 0 Å². The first-order chi connectivity index (χ1) is 15.9. The Balaban J connectivity index is 1.42. The van der Waals surface area contributed by atoms with E-state index in [1.807, 2.05) is 43.0 Å². The third-order valence-electron chi connectivity index (χ3n) is 6.72. The van der Waals surface area contributed by atoms with Crippen LogP contribution in [0.3, 0.4) is 0 Å². The molecule has 168 valence electrons. The highest BCUT2D eigenvalue weighted by molar-refractivity contribution is 5.96. The maximum absolute atomic E-state index is 12.8. The van der Waals surface area contributed by atoms with Crippen molar-refractivity contribution in [1.82, 2.24) is 14.9 Å². The second kappa shape index (κ2) is 8.49. The maximum Gasteiger partial charge on any atom is 0.253 e. The van der Waals surface area contributed by atoms with Crippen LogP contribution >= 0.6 is 0 Å². The van der Waals surface area contributed by atoms with Gasteiger partial charge in [-0.3, -0.25) is 9.78 Å². The van der Waals surface area contributed by atoms with Crippen molar-refractivity contribution in [2.75, 3.05) is 13.1 Å². The first-order valence-corrected chi connectivity index (χ1v) is 11.6. The number of aromatic nitrogens is 2. The van der Waals surface area contributed by atoms with Gasteiger partial charge in [0, 0.05) is 58.2 Å². The van der Waals surface area contributed by atoms with Crippen molar-refractivity contribution in [3.63, 3.8) is 0 Å². The molecule has 2 aromatic carbocycles. The first-order valence-electron chi connectivity index (χ1n) is 11.6. The molecule has 2 aromatic heterocycles. The SMILES string of the molecule is Cc1cc(-c2[nH]c3cc(-c4ccc(C(=O)N5CCC(N)CC5)cc4)ccc3c2C)cc(C)n1. The number of carbonyl (C=O) groups is 1. The molecule has 5 rings (SSSR count). The molecule has 0 unspecified atom stereocenters. The average Bonchev–Trinajstić information content (AvgIpc) is 3.14. The number of amides is 1. The van der Waals surface area contributed by atoms with Gasteiger partial charge in [0.15, 0.2) is 0 Å². The molecule has 33 heavy (non-hydrogen) atoms. The smallest absolute Gasteiger partial charge is 0.253 e. The Kier molecular flexibility index (Phi) is 5.51. The third-order valence-corrected chi connectivity index (χ3v) is 6.72. The zero-order valence-electron chi connectivity index (χ0n) is 19.5. The standard InChI is InChI=1S/C28H30N4O/c1-17-14-23(15-18(2)30-17)27-19(3)25-9-8-22(16-26(25)31-27)20-4-6-21(7-5-20)28(33)32-12-10-24(29)11-13-32/h4-9,14-16,24,31H,10-13,29H2,1-3H3. The number of nitrogens with two attached hydrogens (primary N) is 1. The Morgan fingerprint density at radius 3 is 2.21 bits per heavy atom. The van der Waals surface area contributed by atoms with Gasteiger partial charge in [-0.05, 0) is 80.6 Å². The summed E-state index contributed by atoms with van der Waals surface area (Å²) < 4.78 is 0. The van der Waals surface area contributed by atoms with Crippen molar-refractivity contribution in [3.05, 3.63) is 77.1 Å². The van der Waals surface area contributed by atoms with Crippen LogP contribution in [0.15, 0.2) is 54.6 Å². The van der Waals surface area contributed by atoms with Gasteiger partial charge in [0.1, 0.15) is 0 Å². The summed E-state index contributed by atoms with van der Waals surface area (Å²) in [7, 11) is 0. The number of piperidine rings is 1. The fraction of sp³-hybridized carbons (Fsp3) is 0.286. The number of carbonyl (C=O) groups excluding carboxylic acids is 1. The zero-order chi connectivity index (χ0) is 23.1. The molecule has 0 atom stereocenters. The highest BCUT2D eigenvalue weighted by Crippen LogP contribution is 2.33. The van der Waals surface area contributed by atoms with Crippen LogP contribution in [-0.2, 0) is 0 Å². The molecule has 1 saturated heterocycles. The lowest BCUT2D eigenvalue weighted by atomic mass is 10.0. The van der Waals surface area contributed by atoms with Crippen molar-refractivity contribution < 1.29 is 4.79 Å². The maximum atomic E-state index is 12.8. The van der Waals surface area contributed by atoms with Crippen molar-refractivity contribution in [2.45, 2.75) is 39.7 Å². The van der Waals surface area contributed by atoms with Crippen LogP contribution in [-0.4, -0.2) is 39.9 Å². The summed E-state index contributed by atoms with van der Waals surface area (Å²) in [6.07, 6.45) is 1.75. The van der Waals surface area contributed by atoms with Gasteiger partial charge in [0.25, 0.3) is 5.91 Å². The summed E-state index contributed by atoms with van der Waals surface area (Å²) in [6, 6.07) is 18.9. The molecule has 0 saturated carbocycles. The van der Waals surface area contributed by atoms with Gasteiger partial charge in [-0.1, -0.05) is 24.3 Å². The molecule has 1 fully saturated rings. The number of H-pyrrole nitrogens is 1. The van der Waals surface area contributed by atoms with Gasteiger partial charge in [-0.25, -0.2) is 0 Å². The Morgan fingerprint density at radius 1 is 0.909 bits per heavy atom. The number of likely N-dealkylation sites (tertiary alicyclic amines) is 1. The van der Waals surface area contributed by atoms with E-state index >= 15 is 0 Å². The van der Waals surface area contributed by atoms with Crippen LogP contribution in [0.2, 0.25) is 0 Å². The van der Waals surface area contributed by atoms with Gasteiger partial charge in [-0.2, -0.15) is 0 Å². The van der Waals surface area contributed by atoms with Gasteiger partial charge < -0.3 is 15.6 Å². The largest absolute Gasteiger partial charge is 0.354 e. The summed E-state index contributed by atoms with van der Waals surface area (Å²) in [4.78, 5) is 22.9. The number of benzene rings is 2. The summed E-state index contributed by atoms with van der Waals surface area (Å²) in [5, 5.41) is 1.22. The van der Waals surface area contributed by atoms with Crippen LogP contribution in [0, 0.1) is 20.8 Å². The molecule has 1 aliphatic rings. The fourth-order valence-electron chi connectivity index (χ4n) is 4.88. The summed E-state index contributed by atoms with van der Waals surface area (Å²) in [6.45, 7) is 7.70. The number of hydrogen-bond donors (Lipinski definition) is 2. The molecule has 5 nitrogen and oxygen atoms in total. The number of hydrogen-bond acceptors (Lipinski definition) is 3. The molecule has 1 aliphatic heterocycles. The minimum absolute atomic E-state index is 0.0940. The number of fused-ring (bicyclic) bond motifs is 1. The van der Waals surface area contributed by atoms with Crippen molar-refractivity contribution in [3.8, 4) is 22.4 Å². The van der Waals surface area contributed by atoms with Crippen LogP contribution in [0.25, 0.3) is 33.3 Å². The number of nitrogens with zero attached hydrogens (tertiary/aromatic N) is 2. The predicted molar refractivity (Wildman–Crippen MR) is 134 cm³/mol. The number of rotatable bonds is 3. The highest BCUT2D eigenvalue weighted by atomic mass is 16.2. The van der Waals surface area contributed by atoms with Gasteiger partial charge in [-0.15, -0.1) is 0 Å². The normalized spacial score (nSPS) is 14.7. The van der Waals surface area contributed by atoms with E-state index in [0.717, 1.165) is 70.8 Å². The van der Waals surface area contributed by atoms with E-state index in [2.05, 4.69) is 47.2 Å². The lowest BCUT2D eigenvalue weighted by Crippen LogP contribution is -2.42. The van der Waals surface area contributed by atoms with E-state index in [1.54, 1.807) is 0 Å². The van der Waals surface area contributed by atoms with E-state index in [4.69, 9.17) is 5.73 Å². The summed E-state index contributed by atoms with van der Waals surface area (Å²) in [5.74, 6) is 0.0940. The minimum Gasteiger partial charge on any atom is -0.354 e. The lowest BCUT2D eigenvalue weighted by molar-refractivity contribution is 0.0715. The van der Waals surface area contributed by atoms with E-state index in [9.17, 15) is 4.79 Å². The Bertz CT molecular complexity index is 1310. The van der Waals surface area contributed by atoms with Crippen LogP contribution < -0.4 is 5.73 Å². The second-order valence-electron chi connectivity index (χ2n) is 9.23. The van der Waals surface area contributed by atoms with Crippen LogP contribution in [0.5, 0.6) is 0 Å². The molecule has 3 N–H and O–H groups in total. The highest BCUT2D eigenvalue weighted by Gasteiger charge is 2.21. The quantitative estimate of drug-likeness (QED) is 0.451. The van der Waals surface area contributed by atoms with Gasteiger partial charge in [0.05, 0.1) is 0 Å². The first kappa shape index (κ1) is 21.4. The van der Waals surface area contributed by atoms with Gasteiger partial charge >= 0.3 is 0 Å². The zero-order valence-corrected chi connectivity index (χ0v) is 19.5. The number of pyridine rings is 1. The molecule has 1 amide bonds. The topological polar surface area (TPSA) is 75.0 Å². The number of aryl methyl sites for hydroxylation is 3. The van der Waals surface area contributed by atoms with E-state index < -0.39 is 0 Å². The van der Waals surface area contributed by atoms with Crippen LogP contribution in [0.4, 0.5) is 0 Å². The Hall–Kier alpha value is -3.44. The second-order valence-corrected chi connectivity index (χ2v) is 9.23. The van der Waals surface area contributed by atoms with Crippen LogP contribution in [0.1, 0.15) is 40.2 Å². The summed E-state index contributed by atoms with van der Waals surface area (Å²) in [5.41, 5.74) is 15.6. The van der Waals surface area contributed by atoms with Crippen molar-refractivity contribution >= 4 is 16.8 Å². The Morgan fingerprint density at radius 2 is 1.55 bits per heavy atom. The molecular formula is C28H30N4O. The lowest BCUT2D eigenvalue weighted by Gasteiger charge is -2.30. The molecule has 0 spiro atoms. The van der Waals surface area contributed by atoms with E-state index in [0.29, 0.717) is 0 Å². The van der Waals surface area contributed by atoms with Crippen molar-refractivity contribution in [1.29, 1.82) is 0 Å². The molecule has 4 aromatic rings. The summed E-state index contributed by atoms with van der Waals surface area (Å²) >= 11 is 0. The molecule has 0 bridgehead atoms. The molecule has 5 heteroatoms. The Labute approximate surface area is 194 Å². The molecular weight excluding hydrogens is 408 g/mol.